The Labute approximate surface area is 107 Å². The molecule has 1 saturated heterocycles. The van der Waals surface area contributed by atoms with Crippen LogP contribution in [0.2, 0.25) is 0 Å². The highest BCUT2D eigenvalue weighted by Crippen LogP contribution is 2.24. The van der Waals surface area contributed by atoms with E-state index < -0.39 is 0 Å². The molecule has 0 saturated carbocycles. The quantitative estimate of drug-likeness (QED) is 0.860. The van der Waals surface area contributed by atoms with Crippen molar-refractivity contribution >= 4 is 23.4 Å². The summed E-state index contributed by atoms with van der Waals surface area (Å²) in [6.45, 7) is 4.11. The number of hydrogen-bond donors (Lipinski definition) is 2. The number of nitrogens with two attached hydrogens (primary N) is 1. The molecule has 2 heterocycles. The maximum atomic E-state index is 5.93. The molecule has 1 fully saturated rings. The van der Waals surface area contributed by atoms with Crippen molar-refractivity contribution in [3.05, 3.63) is 11.4 Å². The largest absolute Gasteiger partial charge is 0.383 e. The van der Waals surface area contributed by atoms with E-state index in [9.17, 15) is 0 Å². The SMILES string of the molecule is CCCc1nc(N)c(C)c(NC2CCSC2)n1. The molecule has 3 N–H and O–H groups in total. The summed E-state index contributed by atoms with van der Waals surface area (Å²) in [5, 5.41) is 3.50. The summed E-state index contributed by atoms with van der Waals surface area (Å²) in [4.78, 5) is 8.89. The molecule has 0 bridgehead atoms. The van der Waals surface area contributed by atoms with Gasteiger partial charge in [0.2, 0.25) is 0 Å². The lowest BCUT2D eigenvalue weighted by atomic mass is 10.2. The number of nitrogens with zero attached hydrogens (tertiary/aromatic N) is 2. The van der Waals surface area contributed by atoms with Gasteiger partial charge in [-0.15, -0.1) is 0 Å². The summed E-state index contributed by atoms with van der Waals surface area (Å²) in [5.74, 6) is 4.78. The lowest BCUT2D eigenvalue weighted by Gasteiger charge is -2.16. The molecule has 0 aliphatic carbocycles. The number of hydrogen-bond acceptors (Lipinski definition) is 5. The molecule has 1 aromatic rings. The first-order chi connectivity index (χ1) is 8.20. The van der Waals surface area contributed by atoms with Gasteiger partial charge >= 0.3 is 0 Å². The van der Waals surface area contributed by atoms with Gasteiger partial charge in [-0.3, -0.25) is 0 Å². The minimum absolute atomic E-state index is 0.530. The van der Waals surface area contributed by atoms with Crippen LogP contribution in [0.3, 0.4) is 0 Å². The third kappa shape index (κ3) is 3.03. The Kier molecular flexibility index (Phi) is 4.10. The van der Waals surface area contributed by atoms with Crippen molar-refractivity contribution in [3.8, 4) is 0 Å². The van der Waals surface area contributed by atoms with Crippen LogP contribution < -0.4 is 11.1 Å². The van der Waals surface area contributed by atoms with Crippen molar-refractivity contribution < 1.29 is 0 Å². The molecule has 5 heteroatoms. The number of nitrogen functional groups attached to an aromatic ring is 1. The highest BCUT2D eigenvalue weighted by molar-refractivity contribution is 7.99. The van der Waals surface area contributed by atoms with E-state index in [1.165, 1.54) is 12.2 Å². The first-order valence-corrected chi connectivity index (χ1v) is 7.33. The van der Waals surface area contributed by atoms with Gasteiger partial charge in [0.05, 0.1) is 0 Å². The summed E-state index contributed by atoms with van der Waals surface area (Å²) in [6.07, 6.45) is 3.14. The number of aromatic nitrogens is 2. The number of rotatable bonds is 4. The summed E-state index contributed by atoms with van der Waals surface area (Å²) < 4.78 is 0. The van der Waals surface area contributed by atoms with Crippen LogP contribution >= 0.6 is 11.8 Å². The second kappa shape index (κ2) is 5.58. The molecular formula is C12H20N4S. The summed E-state index contributed by atoms with van der Waals surface area (Å²) in [7, 11) is 0. The Morgan fingerprint density at radius 2 is 2.29 bits per heavy atom. The number of anilines is 2. The molecule has 1 aliphatic heterocycles. The van der Waals surface area contributed by atoms with Gasteiger partial charge in [0.25, 0.3) is 0 Å². The van der Waals surface area contributed by atoms with E-state index in [4.69, 9.17) is 5.73 Å². The van der Waals surface area contributed by atoms with Gasteiger partial charge in [-0.1, -0.05) is 6.92 Å². The van der Waals surface area contributed by atoms with Gasteiger partial charge in [0.15, 0.2) is 0 Å². The van der Waals surface area contributed by atoms with Gasteiger partial charge < -0.3 is 11.1 Å². The summed E-state index contributed by atoms with van der Waals surface area (Å²) in [6, 6.07) is 0.530. The van der Waals surface area contributed by atoms with Crippen LogP contribution in [-0.4, -0.2) is 27.5 Å². The Morgan fingerprint density at radius 1 is 1.47 bits per heavy atom. The first kappa shape index (κ1) is 12.5. The van der Waals surface area contributed by atoms with Crippen molar-refractivity contribution in [3.63, 3.8) is 0 Å². The van der Waals surface area contributed by atoms with Gasteiger partial charge in [0, 0.05) is 23.8 Å². The van der Waals surface area contributed by atoms with Crippen molar-refractivity contribution in [2.75, 3.05) is 22.6 Å². The summed E-state index contributed by atoms with van der Waals surface area (Å²) in [5.41, 5.74) is 6.90. The van der Waals surface area contributed by atoms with Crippen molar-refractivity contribution in [2.45, 2.75) is 39.2 Å². The van der Waals surface area contributed by atoms with Gasteiger partial charge in [0.1, 0.15) is 17.5 Å². The zero-order valence-electron chi connectivity index (χ0n) is 10.5. The average Bonchev–Trinajstić information content (AvgIpc) is 2.78. The van der Waals surface area contributed by atoms with E-state index in [1.807, 2.05) is 18.7 Å². The second-order valence-corrected chi connectivity index (χ2v) is 5.60. The minimum atomic E-state index is 0.530. The van der Waals surface area contributed by atoms with Crippen molar-refractivity contribution in [2.24, 2.45) is 0 Å². The van der Waals surface area contributed by atoms with Crippen LogP contribution in [0.4, 0.5) is 11.6 Å². The smallest absolute Gasteiger partial charge is 0.135 e. The molecular weight excluding hydrogens is 232 g/mol. The Bertz CT molecular complexity index is 388. The second-order valence-electron chi connectivity index (χ2n) is 4.45. The van der Waals surface area contributed by atoms with E-state index in [-0.39, 0.29) is 0 Å². The van der Waals surface area contributed by atoms with Gasteiger partial charge in [-0.05, 0) is 25.5 Å². The Balaban J connectivity index is 2.18. The van der Waals surface area contributed by atoms with Gasteiger partial charge in [-0.2, -0.15) is 11.8 Å². The van der Waals surface area contributed by atoms with E-state index in [1.54, 1.807) is 0 Å². The summed E-state index contributed by atoms with van der Waals surface area (Å²) >= 11 is 1.99. The van der Waals surface area contributed by atoms with Crippen LogP contribution in [0.15, 0.2) is 0 Å². The normalized spacial score (nSPS) is 19.5. The van der Waals surface area contributed by atoms with Crippen molar-refractivity contribution in [1.82, 2.24) is 9.97 Å². The fourth-order valence-electron chi connectivity index (χ4n) is 1.90. The lowest BCUT2D eigenvalue weighted by Crippen LogP contribution is -2.21. The van der Waals surface area contributed by atoms with Crippen LogP contribution in [0, 0.1) is 6.92 Å². The molecule has 0 spiro atoms. The third-order valence-electron chi connectivity index (χ3n) is 2.97. The highest BCUT2D eigenvalue weighted by atomic mass is 32.2. The van der Waals surface area contributed by atoms with Crippen LogP contribution in [0.5, 0.6) is 0 Å². The molecule has 4 nitrogen and oxygen atoms in total. The number of nitrogens with one attached hydrogen (secondary N) is 1. The number of thioether (sulfide) groups is 1. The lowest BCUT2D eigenvalue weighted by molar-refractivity contribution is 0.788. The maximum absolute atomic E-state index is 5.93. The van der Waals surface area contributed by atoms with Crippen molar-refractivity contribution in [1.29, 1.82) is 0 Å². The average molecular weight is 252 g/mol. The predicted molar refractivity (Wildman–Crippen MR) is 74.5 cm³/mol. The van der Waals surface area contributed by atoms with Crippen LogP contribution in [-0.2, 0) is 6.42 Å². The molecule has 1 aromatic heterocycles. The molecule has 0 aromatic carbocycles. The molecule has 94 valence electrons. The maximum Gasteiger partial charge on any atom is 0.135 e. The fraction of sp³-hybridized carbons (Fsp3) is 0.667. The third-order valence-corrected chi connectivity index (χ3v) is 4.14. The zero-order valence-corrected chi connectivity index (χ0v) is 11.3. The van der Waals surface area contributed by atoms with Crippen LogP contribution in [0.1, 0.15) is 31.2 Å². The molecule has 1 unspecified atom stereocenters. The van der Waals surface area contributed by atoms with E-state index in [0.717, 1.165) is 35.8 Å². The topological polar surface area (TPSA) is 63.8 Å². The zero-order chi connectivity index (χ0) is 12.3. The Hall–Kier alpha value is -0.970. The fourth-order valence-corrected chi connectivity index (χ4v) is 3.05. The van der Waals surface area contributed by atoms with E-state index in [2.05, 4.69) is 22.2 Å². The molecule has 17 heavy (non-hydrogen) atoms. The minimum Gasteiger partial charge on any atom is -0.383 e. The highest BCUT2D eigenvalue weighted by Gasteiger charge is 2.17. The molecule has 1 aliphatic rings. The van der Waals surface area contributed by atoms with Crippen LogP contribution in [0.25, 0.3) is 0 Å². The monoisotopic (exact) mass is 252 g/mol. The molecule has 0 amide bonds. The van der Waals surface area contributed by atoms with E-state index in [0.29, 0.717) is 11.9 Å². The molecule has 2 rings (SSSR count). The van der Waals surface area contributed by atoms with Gasteiger partial charge in [-0.25, -0.2) is 9.97 Å². The number of aryl methyl sites for hydroxylation is 1. The Morgan fingerprint density at radius 3 is 2.94 bits per heavy atom. The first-order valence-electron chi connectivity index (χ1n) is 6.18. The van der Waals surface area contributed by atoms with E-state index >= 15 is 0 Å². The predicted octanol–water partition coefficient (Wildman–Crippen LogP) is 2.24. The standard InChI is InChI=1S/C12H20N4S/c1-3-4-10-15-11(13)8(2)12(16-10)14-9-5-6-17-7-9/h9H,3-7H2,1-2H3,(H3,13,14,15,16). The molecule has 1 atom stereocenters. The molecule has 0 radical (unpaired) electrons.